The molecule has 1 heterocycles. The van der Waals surface area contributed by atoms with Gasteiger partial charge in [-0.1, -0.05) is 12.1 Å². The van der Waals surface area contributed by atoms with Crippen molar-refractivity contribution in [1.82, 2.24) is 31.3 Å². The average molecular weight is 260 g/mol. The maximum atomic E-state index is 11.5. The zero-order valence-electron chi connectivity index (χ0n) is 10.2. The van der Waals surface area contributed by atoms with E-state index in [9.17, 15) is 9.59 Å². The van der Waals surface area contributed by atoms with Gasteiger partial charge in [-0.05, 0) is 22.9 Å². The van der Waals surface area contributed by atoms with E-state index in [1.54, 1.807) is 31.3 Å². The number of amides is 2. The number of rotatable bonds is 4. The molecule has 1 aromatic carbocycles. The van der Waals surface area contributed by atoms with Gasteiger partial charge in [-0.15, -0.1) is 10.2 Å². The fraction of sp³-hybridized carbons (Fsp3) is 0.182. The normalized spacial score (nSPS) is 9.95. The summed E-state index contributed by atoms with van der Waals surface area (Å²) in [5.41, 5.74) is 1.43. The van der Waals surface area contributed by atoms with E-state index < -0.39 is 5.91 Å². The first kappa shape index (κ1) is 12.7. The lowest BCUT2D eigenvalue weighted by Crippen LogP contribution is -2.24. The summed E-state index contributed by atoms with van der Waals surface area (Å²) in [6, 6.07) is 6.91. The van der Waals surface area contributed by atoms with Crippen molar-refractivity contribution in [2.45, 2.75) is 6.54 Å². The van der Waals surface area contributed by atoms with Crippen LogP contribution in [0.25, 0.3) is 0 Å². The number of nitrogens with one attached hydrogen (secondary N) is 3. The van der Waals surface area contributed by atoms with Crippen molar-refractivity contribution in [3.8, 4) is 0 Å². The summed E-state index contributed by atoms with van der Waals surface area (Å²) in [4.78, 5) is 22.9. The number of tetrazole rings is 1. The summed E-state index contributed by atoms with van der Waals surface area (Å²) in [5.74, 6) is -0.575. The standard InChI is InChI=1S/C11H12N6O2/c1-12-10(18)8-4-2-7(3-5-8)6-13-11(19)9-14-16-17-15-9/h2-5H,6H2,1H3,(H,12,18)(H,13,19)(H,14,15,16,17). The third-order valence-electron chi connectivity index (χ3n) is 2.44. The molecule has 98 valence electrons. The van der Waals surface area contributed by atoms with Crippen LogP contribution in [0.15, 0.2) is 24.3 Å². The highest BCUT2D eigenvalue weighted by Crippen LogP contribution is 2.04. The van der Waals surface area contributed by atoms with Crippen molar-refractivity contribution < 1.29 is 9.59 Å². The third-order valence-corrected chi connectivity index (χ3v) is 2.44. The highest BCUT2D eigenvalue weighted by Gasteiger charge is 2.09. The Morgan fingerprint density at radius 1 is 1.21 bits per heavy atom. The number of hydrogen-bond donors (Lipinski definition) is 3. The summed E-state index contributed by atoms with van der Waals surface area (Å²) in [7, 11) is 1.57. The molecule has 0 saturated heterocycles. The van der Waals surface area contributed by atoms with Gasteiger partial charge in [0.1, 0.15) is 0 Å². The van der Waals surface area contributed by atoms with Gasteiger partial charge in [-0.2, -0.15) is 5.21 Å². The van der Waals surface area contributed by atoms with Crippen LogP contribution < -0.4 is 10.6 Å². The van der Waals surface area contributed by atoms with Crippen molar-refractivity contribution in [2.24, 2.45) is 0 Å². The molecule has 0 aliphatic rings. The molecule has 0 fully saturated rings. The predicted octanol–water partition coefficient (Wildman–Crippen LogP) is -0.511. The van der Waals surface area contributed by atoms with E-state index in [1.165, 1.54) is 0 Å². The average Bonchev–Trinajstić information content (AvgIpc) is 2.98. The lowest BCUT2D eigenvalue weighted by atomic mass is 10.1. The summed E-state index contributed by atoms with van der Waals surface area (Å²) in [6.45, 7) is 0.321. The summed E-state index contributed by atoms with van der Waals surface area (Å²) in [6.07, 6.45) is 0. The summed E-state index contributed by atoms with van der Waals surface area (Å²) in [5, 5.41) is 17.8. The largest absolute Gasteiger partial charge is 0.355 e. The van der Waals surface area contributed by atoms with Crippen molar-refractivity contribution >= 4 is 11.8 Å². The van der Waals surface area contributed by atoms with Crippen LogP contribution in [0.3, 0.4) is 0 Å². The van der Waals surface area contributed by atoms with Crippen LogP contribution in [0.2, 0.25) is 0 Å². The van der Waals surface area contributed by atoms with Crippen LogP contribution >= 0.6 is 0 Å². The van der Waals surface area contributed by atoms with E-state index in [1.807, 2.05) is 0 Å². The Labute approximate surface area is 108 Å². The Morgan fingerprint density at radius 3 is 2.53 bits per heavy atom. The van der Waals surface area contributed by atoms with E-state index in [0.717, 1.165) is 5.56 Å². The molecule has 8 nitrogen and oxygen atoms in total. The first-order valence-electron chi connectivity index (χ1n) is 5.53. The van der Waals surface area contributed by atoms with Crippen LogP contribution in [0.1, 0.15) is 26.5 Å². The van der Waals surface area contributed by atoms with Crippen LogP contribution in [0.4, 0.5) is 0 Å². The minimum absolute atomic E-state index is 0.0121. The SMILES string of the molecule is CNC(=O)c1ccc(CNC(=O)c2nn[nH]n2)cc1. The number of aromatic nitrogens is 4. The Bertz CT molecular complexity index is 563. The number of aromatic amines is 1. The van der Waals surface area contributed by atoms with Crippen molar-refractivity contribution in [1.29, 1.82) is 0 Å². The van der Waals surface area contributed by atoms with Gasteiger partial charge in [0.05, 0.1) is 0 Å². The summed E-state index contributed by atoms with van der Waals surface area (Å²) < 4.78 is 0. The zero-order valence-corrected chi connectivity index (χ0v) is 10.2. The monoisotopic (exact) mass is 260 g/mol. The van der Waals surface area contributed by atoms with Gasteiger partial charge in [-0.3, -0.25) is 9.59 Å². The van der Waals surface area contributed by atoms with Crippen molar-refractivity contribution in [3.05, 3.63) is 41.2 Å². The van der Waals surface area contributed by atoms with Gasteiger partial charge < -0.3 is 10.6 Å². The van der Waals surface area contributed by atoms with Gasteiger partial charge in [0.25, 0.3) is 17.6 Å². The lowest BCUT2D eigenvalue weighted by Gasteiger charge is -2.04. The van der Waals surface area contributed by atoms with Crippen LogP contribution in [-0.4, -0.2) is 39.5 Å². The predicted molar refractivity (Wildman–Crippen MR) is 65.2 cm³/mol. The van der Waals surface area contributed by atoms with E-state index in [0.29, 0.717) is 12.1 Å². The fourth-order valence-electron chi connectivity index (χ4n) is 1.44. The van der Waals surface area contributed by atoms with Gasteiger partial charge in [0, 0.05) is 19.2 Å². The second-order valence-electron chi connectivity index (χ2n) is 3.69. The molecule has 0 saturated carbocycles. The van der Waals surface area contributed by atoms with Crippen molar-refractivity contribution in [3.63, 3.8) is 0 Å². The van der Waals surface area contributed by atoms with Crippen molar-refractivity contribution in [2.75, 3.05) is 7.05 Å². The number of nitrogens with zero attached hydrogens (tertiary/aromatic N) is 3. The van der Waals surface area contributed by atoms with Gasteiger partial charge >= 0.3 is 0 Å². The molecule has 8 heteroatoms. The van der Waals surface area contributed by atoms with E-state index in [-0.39, 0.29) is 11.7 Å². The topological polar surface area (TPSA) is 113 Å². The molecule has 3 N–H and O–H groups in total. The van der Waals surface area contributed by atoms with Crippen LogP contribution in [0, 0.1) is 0 Å². The van der Waals surface area contributed by atoms with E-state index >= 15 is 0 Å². The molecule has 0 unspecified atom stereocenters. The maximum absolute atomic E-state index is 11.5. The van der Waals surface area contributed by atoms with Crippen LogP contribution in [-0.2, 0) is 6.54 Å². The Morgan fingerprint density at radius 2 is 1.95 bits per heavy atom. The second-order valence-corrected chi connectivity index (χ2v) is 3.69. The molecular formula is C11H12N6O2. The molecule has 0 atom stereocenters. The smallest absolute Gasteiger partial charge is 0.293 e. The molecule has 2 rings (SSSR count). The minimum atomic E-state index is -0.413. The van der Waals surface area contributed by atoms with Crippen LogP contribution in [0.5, 0.6) is 0 Å². The molecule has 2 amide bonds. The Hall–Kier alpha value is -2.77. The highest BCUT2D eigenvalue weighted by molar-refractivity contribution is 5.94. The maximum Gasteiger partial charge on any atom is 0.293 e. The minimum Gasteiger partial charge on any atom is -0.355 e. The first-order chi connectivity index (χ1) is 9.20. The quantitative estimate of drug-likeness (QED) is 0.685. The molecular weight excluding hydrogens is 248 g/mol. The number of carbonyl (C=O) groups excluding carboxylic acids is 2. The number of hydrogen-bond acceptors (Lipinski definition) is 5. The first-order valence-corrected chi connectivity index (χ1v) is 5.53. The van der Waals surface area contributed by atoms with E-state index in [2.05, 4.69) is 31.3 Å². The molecule has 0 aliphatic carbocycles. The van der Waals surface area contributed by atoms with Gasteiger partial charge in [0.15, 0.2) is 0 Å². The number of benzene rings is 1. The molecule has 0 radical (unpaired) electrons. The Balaban J connectivity index is 1.93. The summed E-state index contributed by atoms with van der Waals surface area (Å²) >= 11 is 0. The van der Waals surface area contributed by atoms with E-state index in [4.69, 9.17) is 0 Å². The second kappa shape index (κ2) is 5.71. The molecule has 0 bridgehead atoms. The number of carbonyl (C=O) groups is 2. The molecule has 0 aliphatic heterocycles. The lowest BCUT2D eigenvalue weighted by molar-refractivity contribution is 0.0937. The molecule has 1 aromatic heterocycles. The number of H-pyrrole nitrogens is 1. The van der Waals surface area contributed by atoms with Gasteiger partial charge in [0.2, 0.25) is 0 Å². The molecule has 2 aromatic rings. The third kappa shape index (κ3) is 3.12. The molecule has 19 heavy (non-hydrogen) atoms. The molecule has 0 spiro atoms. The highest BCUT2D eigenvalue weighted by atomic mass is 16.2. The fourth-order valence-corrected chi connectivity index (χ4v) is 1.44. The zero-order chi connectivity index (χ0) is 13.7. The van der Waals surface area contributed by atoms with Gasteiger partial charge in [-0.25, -0.2) is 0 Å². The Kier molecular flexibility index (Phi) is 3.81.